The molecule has 0 bridgehead atoms. The number of nitrogens with zero attached hydrogens (tertiary/aromatic N) is 1. The van der Waals surface area contributed by atoms with Crippen molar-refractivity contribution in [3.63, 3.8) is 0 Å². The normalized spacial score (nSPS) is 22.2. The van der Waals surface area contributed by atoms with E-state index in [1.54, 1.807) is 19.1 Å². The zero-order chi connectivity index (χ0) is 17.2. The molecule has 0 spiro atoms. The Morgan fingerprint density at radius 3 is 2.43 bits per heavy atom. The van der Waals surface area contributed by atoms with E-state index in [4.69, 9.17) is 0 Å². The van der Waals surface area contributed by atoms with Crippen molar-refractivity contribution in [2.24, 2.45) is 11.8 Å². The molecule has 5 nitrogen and oxygen atoms in total. The lowest BCUT2D eigenvalue weighted by atomic mass is 9.91. The molecular weight excluding hydrogens is 312 g/mol. The van der Waals surface area contributed by atoms with E-state index in [2.05, 4.69) is 18.6 Å². The minimum atomic E-state index is -3.56. The van der Waals surface area contributed by atoms with E-state index in [0.29, 0.717) is 23.9 Å². The highest BCUT2D eigenvalue weighted by atomic mass is 32.2. The first-order valence-corrected chi connectivity index (χ1v) is 9.62. The van der Waals surface area contributed by atoms with Crippen molar-refractivity contribution in [1.29, 1.82) is 0 Å². The summed E-state index contributed by atoms with van der Waals surface area (Å²) in [7, 11) is -3.56. The predicted molar refractivity (Wildman–Crippen MR) is 90.9 cm³/mol. The van der Waals surface area contributed by atoms with E-state index in [9.17, 15) is 13.2 Å². The van der Waals surface area contributed by atoms with Gasteiger partial charge in [0.15, 0.2) is 0 Å². The molecule has 1 amide bonds. The standard InChI is InChI=1S/C17H26N2O3S/c1-5-18-23(21,22)15-7-6-14(4)16(9-15)17(20)19-10-12(2)8-13(3)11-19/h6-7,9,12-13,18H,5,8,10-11H2,1-4H3. The van der Waals surface area contributed by atoms with Crippen LogP contribution in [0.15, 0.2) is 23.1 Å². The lowest BCUT2D eigenvalue weighted by Crippen LogP contribution is -2.42. The number of hydrogen-bond donors (Lipinski definition) is 1. The third-order valence-corrected chi connectivity index (χ3v) is 5.78. The maximum Gasteiger partial charge on any atom is 0.254 e. The predicted octanol–water partition coefficient (Wildman–Crippen LogP) is 2.41. The first-order chi connectivity index (χ1) is 10.7. The minimum absolute atomic E-state index is 0.0746. The molecule has 2 atom stereocenters. The van der Waals surface area contributed by atoms with Gasteiger partial charge in [-0.3, -0.25) is 4.79 Å². The van der Waals surface area contributed by atoms with Crippen molar-refractivity contribution in [3.05, 3.63) is 29.3 Å². The van der Waals surface area contributed by atoms with Crippen LogP contribution >= 0.6 is 0 Å². The number of aryl methyl sites for hydroxylation is 1. The topological polar surface area (TPSA) is 66.5 Å². The van der Waals surface area contributed by atoms with Crippen LogP contribution in [0, 0.1) is 18.8 Å². The molecule has 2 unspecified atom stereocenters. The minimum Gasteiger partial charge on any atom is -0.338 e. The van der Waals surface area contributed by atoms with Gasteiger partial charge < -0.3 is 4.90 Å². The third kappa shape index (κ3) is 4.12. The van der Waals surface area contributed by atoms with Gasteiger partial charge in [0.25, 0.3) is 5.91 Å². The smallest absolute Gasteiger partial charge is 0.254 e. The Balaban J connectivity index is 2.33. The molecule has 2 rings (SSSR count). The number of hydrogen-bond acceptors (Lipinski definition) is 3. The summed E-state index contributed by atoms with van der Waals surface area (Å²) in [6, 6.07) is 4.75. The Hall–Kier alpha value is -1.40. The van der Waals surface area contributed by atoms with Gasteiger partial charge in [0.05, 0.1) is 4.90 Å². The van der Waals surface area contributed by atoms with Gasteiger partial charge >= 0.3 is 0 Å². The van der Waals surface area contributed by atoms with Gasteiger partial charge in [-0.25, -0.2) is 13.1 Å². The summed E-state index contributed by atoms with van der Waals surface area (Å²) in [5.74, 6) is 0.864. The Kier molecular flexibility index (Phi) is 5.47. The fraction of sp³-hybridized carbons (Fsp3) is 0.588. The van der Waals surface area contributed by atoms with Gasteiger partial charge in [0.2, 0.25) is 10.0 Å². The summed E-state index contributed by atoms with van der Waals surface area (Å²) < 4.78 is 26.8. The number of amides is 1. The van der Waals surface area contributed by atoms with Gasteiger partial charge in [-0.1, -0.05) is 26.8 Å². The number of carbonyl (C=O) groups excluding carboxylic acids is 1. The van der Waals surface area contributed by atoms with Gasteiger partial charge in [-0.15, -0.1) is 0 Å². The summed E-state index contributed by atoms with van der Waals surface area (Å²) in [6.07, 6.45) is 1.12. The zero-order valence-electron chi connectivity index (χ0n) is 14.3. The van der Waals surface area contributed by atoms with E-state index in [1.165, 1.54) is 6.07 Å². The van der Waals surface area contributed by atoms with Crippen LogP contribution in [0.25, 0.3) is 0 Å². The van der Waals surface area contributed by atoms with Gasteiger partial charge in [0.1, 0.15) is 0 Å². The molecule has 23 heavy (non-hydrogen) atoms. The zero-order valence-corrected chi connectivity index (χ0v) is 15.1. The van der Waals surface area contributed by atoms with E-state index in [1.807, 2.05) is 11.8 Å². The maximum absolute atomic E-state index is 12.9. The van der Waals surface area contributed by atoms with Crippen LogP contribution in [-0.4, -0.2) is 38.9 Å². The van der Waals surface area contributed by atoms with Crippen LogP contribution in [0.4, 0.5) is 0 Å². The van der Waals surface area contributed by atoms with E-state index >= 15 is 0 Å². The number of likely N-dealkylation sites (tertiary alicyclic amines) is 1. The fourth-order valence-electron chi connectivity index (χ4n) is 3.27. The average molecular weight is 338 g/mol. The number of benzene rings is 1. The molecule has 6 heteroatoms. The molecule has 1 aromatic carbocycles. The Morgan fingerprint density at radius 2 is 1.87 bits per heavy atom. The van der Waals surface area contributed by atoms with Crippen LogP contribution in [0.2, 0.25) is 0 Å². The molecule has 0 saturated carbocycles. The molecule has 1 saturated heterocycles. The van der Waals surface area contributed by atoms with Crippen LogP contribution in [-0.2, 0) is 10.0 Å². The number of carbonyl (C=O) groups is 1. The monoisotopic (exact) mass is 338 g/mol. The number of sulfonamides is 1. The second kappa shape index (κ2) is 7.01. The lowest BCUT2D eigenvalue weighted by molar-refractivity contribution is 0.0622. The van der Waals surface area contributed by atoms with Crippen molar-refractivity contribution in [2.45, 2.75) is 39.0 Å². The summed E-state index contributed by atoms with van der Waals surface area (Å²) in [5.41, 5.74) is 1.28. The molecule has 0 radical (unpaired) electrons. The second-order valence-corrected chi connectivity index (χ2v) is 8.40. The molecule has 1 aliphatic heterocycles. The second-order valence-electron chi connectivity index (χ2n) is 6.63. The maximum atomic E-state index is 12.9. The molecule has 0 aliphatic carbocycles. The fourth-order valence-corrected chi connectivity index (χ4v) is 4.34. The molecule has 1 aliphatic rings. The van der Waals surface area contributed by atoms with Crippen molar-refractivity contribution < 1.29 is 13.2 Å². The number of piperidine rings is 1. The molecule has 128 valence electrons. The Labute approximate surface area is 139 Å². The molecule has 0 aromatic heterocycles. The van der Waals surface area contributed by atoms with Gasteiger partial charge in [0, 0.05) is 25.2 Å². The highest BCUT2D eigenvalue weighted by molar-refractivity contribution is 7.89. The van der Waals surface area contributed by atoms with E-state index in [-0.39, 0.29) is 10.8 Å². The van der Waals surface area contributed by atoms with Crippen molar-refractivity contribution in [2.75, 3.05) is 19.6 Å². The summed E-state index contributed by atoms with van der Waals surface area (Å²) in [5, 5.41) is 0. The Morgan fingerprint density at radius 1 is 1.26 bits per heavy atom. The molecule has 1 fully saturated rings. The average Bonchev–Trinajstić information content (AvgIpc) is 2.45. The van der Waals surface area contributed by atoms with Crippen LogP contribution in [0.3, 0.4) is 0 Å². The molecule has 1 aromatic rings. The van der Waals surface area contributed by atoms with Crippen LogP contribution < -0.4 is 4.72 Å². The van der Waals surface area contributed by atoms with Gasteiger partial charge in [-0.2, -0.15) is 0 Å². The van der Waals surface area contributed by atoms with Crippen molar-refractivity contribution in [1.82, 2.24) is 9.62 Å². The summed E-state index contributed by atoms with van der Waals surface area (Å²) in [4.78, 5) is 14.9. The molecular formula is C17H26N2O3S. The first-order valence-electron chi connectivity index (χ1n) is 8.14. The quantitative estimate of drug-likeness (QED) is 0.917. The Bertz CT molecular complexity index is 675. The van der Waals surface area contributed by atoms with Crippen LogP contribution in [0.1, 0.15) is 43.1 Å². The van der Waals surface area contributed by atoms with Crippen molar-refractivity contribution in [3.8, 4) is 0 Å². The van der Waals surface area contributed by atoms with Crippen molar-refractivity contribution >= 4 is 15.9 Å². The lowest BCUT2D eigenvalue weighted by Gasteiger charge is -2.35. The molecule has 1 N–H and O–H groups in total. The SMILES string of the molecule is CCNS(=O)(=O)c1ccc(C)c(C(=O)N2CC(C)CC(C)C2)c1. The van der Waals surface area contributed by atoms with E-state index < -0.39 is 10.0 Å². The number of rotatable bonds is 4. The molecule has 1 heterocycles. The van der Waals surface area contributed by atoms with Gasteiger partial charge in [-0.05, 0) is 42.9 Å². The van der Waals surface area contributed by atoms with E-state index in [0.717, 1.165) is 25.1 Å². The highest BCUT2D eigenvalue weighted by Crippen LogP contribution is 2.24. The first kappa shape index (κ1) is 17.9. The highest BCUT2D eigenvalue weighted by Gasteiger charge is 2.27. The van der Waals surface area contributed by atoms with Crippen LogP contribution in [0.5, 0.6) is 0 Å². The number of nitrogens with one attached hydrogen (secondary N) is 1. The third-order valence-electron chi connectivity index (χ3n) is 4.24. The summed E-state index contributed by atoms with van der Waals surface area (Å²) in [6.45, 7) is 9.64. The largest absolute Gasteiger partial charge is 0.338 e. The summed E-state index contributed by atoms with van der Waals surface area (Å²) >= 11 is 0.